The van der Waals surface area contributed by atoms with E-state index in [1.165, 1.54) is 7.11 Å². The monoisotopic (exact) mass is 288 g/mol. The summed E-state index contributed by atoms with van der Waals surface area (Å²) in [5.74, 6) is 0.431. The summed E-state index contributed by atoms with van der Waals surface area (Å²) in [6.07, 6.45) is 1.54. The van der Waals surface area contributed by atoms with Gasteiger partial charge in [0.15, 0.2) is 11.5 Å². The molecule has 0 bridgehead atoms. The first-order valence-corrected chi connectivity index (χ1v) is 5.42. The van der Waals surface area contributed by atoms with Crippen LogP contribution in [-0.2, 0) is 0 Å². The minimum absolute atomic E-state index is 0.0202. The molecule has 0 fully saturated rings. The Morgan fingerprint density at radius 2 is 2.31 bits per heavy atom. The Bertz CT molecular complexity index is 383. The van der Waals surface area contributed by atoms with E-state index in [0.29, 0.717) is 22.3 Å². The lowest BCUT2D eigenvalue weighted by Crippen LogP contribution is -2.11. The van der Waals surface area contributed by atoms with Crippen LogP contribution in [0.15, 0.2) is 21.7 Å². The van der Waals surface area contributed by atoms with E-state index in [4.69, 9.17) is 9.84 Å². The van der Waals surface area contributed by atoms with Crippen LogP contribution < -0.4 is 10.2 Å². The zero-order valence-electron chi connectivity index (χ0n) is 8.77. The first kappa shape index (κ1) is 12.8. The van der Waals surface area contributed by atoms with Gasteiger partial charge in [0, 0.05) is 5.56 Å². The Labute approximate surface area is 102 Å². The molecule has 0 saturated carbocycles. The molecule has 0 heterocycles. The van der Waals surface area contributed by atoms with E-state index >= 15 is 0 Å². The standard InChI is InChI=1S/C10H13BrN2O3/c1-16-8-3-2-7(9(11)10(8)15)6-13-12-4-5-14/h2-3,6,12,14-15H,4-5H2,1H3. The van der Waals surface area contributed by atoms with Gasteiger partial charge < -0.3 is 20.4 Å². The van der Waals surface area contributed by atoms with Crippen molar-refractivity contribution in [2.45, 2.75) is 0 Å². The average molecular weight is 289 g/mol. The minimum Gasteiger partial charge on any atom is -0.503 e. The van der Waals surface area contributed by atoms with Crippen LogP contribution in [0, 0.1) is 0 Å². The molecule has 1 aromatic rings. The maximum absolute atomic E-state index is 9.69. The van der Waals surface area contributed by atoms with Crippen molar-refractivity contribution in [2.75, 3.05) is 20.3 Å². The summed E-state index contributed by atoms with van der Waals surface area (Å²) in [5, 5.41) is 22.1. The molecular formula is C10H13BrN2O3. The second kappa shape index (κ2) is 6.34. The number of nitrogens with zero attached hydrogens (tertiary/aromatic N) is 1. The van der Waals surface area contributed by atoms with Gasteiger partial charge in [0.2, 0.25) is 0 Å². The topological polar surface area (TPSA) is 74.1 Å². The average Bonchev–Trinajstić information content (AvgIpc) is 2.30. The molecule has 0 amide bonds. The summed E-state index contributed by atoms with van der Waals surface area (Å²) in [6.45, 7) is 0.405. The third-order valence-electron chi connectivity index (χ3n) is 1.85. The van der Waals surface area contributed by atoms with Gasteiger partial charge in [-0.3, -0.25) is 0 Å². The van der Waals surface area contributed by atoms with Gasteiger partial charge in [0.05, 0.1) is 30.9 Å². The molecule has 0 spiro atoms. The lowest BCUT2D eigenvalue weighted by Gasteiger charge is -2.06. The molecular weight excluding hydrogens is 276 g/mol. The fourth-order valence-electron chi connectivity index (χ4n) is 1.06. The summed E-state index contributed by atoms with van der Waals surface area (Å²) in [5.41, 5.74) is 3.36. The van der Waals surface area contributed by atoms with E-state index in [9.17, 15) is 5.11 Å². The number of hydrogen-bond acceptors (Lipinski definition) is 5. The minimum atomic E-state index is 0.0202. The molecule has 1 rings (SSSR count). The predicted octanol–water partition coefficient (Wildman–Crippen LogP) is 1.08. The second-order valence-electron chi connectivity index (χ2n) is 2.91. The molecule has 88 valence electrons. The molecule has 5 nitrogen and oxygen atoms in total. The number of ether oxygens (including phenoxy) is 1. The largest absolute Gasteiger partial charge is 0.503 e. The number of nitrogens with one attached hydrogen (secondary N) is 1. The highest BCUT2D eigenvalue weighted by atomic mass is 79.9. The van der Waals surface area contributed by atoms with E-state index in [-0.39, 0.29) is 12.4 Å². The number of methoxy groups -OCH3 is 1. The molecule has 0 aliphatic heterocycles. The van der Waals surface area contributed by atoms with Crippen molar-refractivity contribution in [3.8, 4) is 11.5 Å². The van der Waals surface area contributed by atoms with E-state index in [0.717, 1.165) is 0 Å². The maximum Gasteiger partial charge on any atom is 0.172 e. The second-order valence-corrected chi connectivity index (χ2v) is 3.70. The van der Waals surface area contributed by atoms with Crippen LogP contribution in [0.1, 0.15) is 5.56 Å². The summed E-state index contributed by atoms with van der Waals surface area (Å²) < 4.78 is 5.47. The summed E-state index contributed by atoms with van der Waals surface area (Å²) in [7, 11) is 1.48. The van der Waals surface area contributed by atoms with Crippen LogP contribution in [0.25, 0.3) is 0 Å². The molecule has 0 radical (unpaired) electrons. The van der Waals surface area contributed by atoms with Crippen molar-refractivity contribution in [2.24, 2.45) is 5.10 Å². The van der Waals surface area contributed by atoms with Crippen LogP contribution in [-0.4, -0.2) is 36.7 Å². The number of benzene rings is 1. The molecule has 3 N–H and O–H groups in total. The van der Waals surface area contributed by atoms with Gasteiger partial charge >= 0.3 is 0 Å². The lowest BCUT2D eigenvalue weighted by molar-refractivity contribution is 0.294. The number of phenolic OH excluding ortho intramolecular Hbond substituents is 1. The molecule has 0 aliphatic carbocycles. The molecule has 0 aromatic heterocycles. The van der Waals surface area contributed by atoms with Gasteiger partial charge in [-0.05, 0) is 28.1 Å². The summed E-state index contributed by atoms with van der Waals surface area (Å²) in [4.78, 5) is 0. The van der Waals surface area contributed by atoms with Crippen molar-refractivity contribution in [1.29, 1.82) is 0 Å². The van der Waals surface area contributed by atoms with E-state index in [2.05, 4.69) is 26.5 Å². The fraction of sp³-hybridized carbons (Fsp3) is 0.300. The Morgan fingerprint density at radius 3 is 2.94 bits per heavy atom. The summed E-state index contributed by atoms with van der Waals surface area (Å²) >= 11 is 3.24. The van der Waals surface area contributed by atoms with Gasteiger partial charge in [-0.1, -0.05) is 0 Å². The van der Waals surface area contributed by atoms with Crippen LogP contribution in [0.4, 0.5) is 0 Å². The van der Waals surface area contributed by atoms with Crippen molar-refractivity contribution in [3.05, 3.63) is 22.2 Å². The zero-order valence-corrected chi connectivity index (χ0v) is 10.4. The van der Waals surface area contributed by atoms with E-state index < -0.39 is 0 Å². The first-order valence-electron chi connectivity index (χ1n) is 4.63. The molecule has 0 aliphatic rings. The Balaban J connectivity index is 2.82. The quantitative estimate of drug-likeness (QED) is 0.431. The number of rotatable bonds is 5. The summed E-state index contributed by atoms with van der Waals surface area (Å²) in [6, 6.07) is 3.40. The van der Waals surface area contributed by atoms with E-state index in [1.807, 2.05) is 0 Å². The highest BCUT2D eigenvalue weighted by Crippen LogP contribution is 2.35. The fourth-order valence-corrected chi connectivity index (χ4v) is 1.49. The maximum atomic E-state index is 9.69. The number of aliphatic hydroxyl groups excluding tert-OH is 1. The predicted molar refractivity (Wildman–Crippen MR) is 65.0 cm³/mol. The van der Waals surface area contributed by atoms with Gasteiger partial charge in [-0.2, -0.15) is 5.10 Å². The number of hydrogen-bond donors (Lipinski definition) is 3. The highest BCUT2D eigenvalue weighted by molar-refractivity contribution is 9.10. The number of phenols is 1. The SMILES string of the molecule is COc1ccc(C=NNCCO)c(Br)c1O. The third kappa shape index (κ3) is 3.11. The molecule has 0 atom stereocenters. The molecule has 6 heteroatoms. The molecule has 1 aromatic carbocycles. The van der Waals surface area contributed by atoms with Gasteiger partial charge in [-0.15, -0.1) is 0 Å². The number of aliphatic hydroxyl groups is 1. The Morgan fingerprint density at radius 1 is 1.56 bits per heavy atom. The Kier molecular flexibility index (Phi) is 5.07. The van der Waals surface area contributed by atoms with E-state index in [1.54, 1.807) is 18.3 Å². The van der Waals surface area contributed by atoms with Gasteiger partial charge in [0.1, 0.15) is 0 Å². The van der Waals surface area contributed by atoms with Crippen LogP contribution in [0.2, 0.25) is 0 Å². The molecule has 16 heavy (non-hydrogen) atoms. The normalized spacial score (nSPS) is 10.7. The smallest absolute Gasteiger partial charge is 0.172 e. The number of hydrazone groups is 1. The number of aromatic hydroxyl groups is 1. The van der Waals surface area contributed by atoms with Crippen LogP contribution >= 0.6 is 15.9 Å². The molecule has 0 unspecified atom stereocenters. The lowest BCUT2D eigenvalue weighted by atomic mass is 10.2. The third-order valence-corrected chi connectivity index (χ3v) is 2.68. The molecule has 0 saturated heterocycles. The van der Waals surface area contributed by atoms with Crippen molar-refractivity contribution >= 4 is 22.1 Å². The van der Waals surface area contributed by atoms with Gasteiger partial charge in [-0.25, -0.2) is 0 Å². The van der Waals surface area contributed by atoms with Crippen molar-refractivity contribution < 1.29 is 14.9 Å². The van der Waals surface area contributed by atoms with Crippen LogP contribution in [0.3, 0.4) is 0 Å². The zero-order chi connectivity index (χ0) is 12.0. The van der Waals surface area contributed by atoms with Gasteiger partial charge in [0.25, 0.3) is 0 Å². The van der Waals surface area contributed by atoms with Crippen molar-refractivity contribution in [3.63, 3.8) is 0 Å². The van der Waals surface area contributed by atoms with Crippen LogP contribution in [0.5, 0.6) is 11.5 Å². The highest BCUT2D eigenvalue weighted by Gasteiger charge is 2.08. The number of halogens is 1. The first-order chi connectivity index (χ1) is 7.70. The van der Waals surface area contributed by atoms with Crippen molar-refractivity contribution in [1.82, 2.24) is 5.43 Å². The Hall–Kier alpha value is -1.27.